The number of benzene rings is 2. The minimum Gasteiger partial charge on any atom is -0.462 e. The molecule has 1 aliphatic heterocycles. The Kier molecular flexibility index (Phi) is 11.1. The average molecular weight is 709 g/mol. The summed E-state index contributed by atoms with van der Waals surface area (Å²) in [6, 6.07) is 9.23. The number of ether oxygens (including phenoxy) is 2. The van der Waals surface area contributed by atoms with E-state index in [4.69, 9.17) is 4.74 Å². The summed E-state index contributed by atoms with van der Waals surface area (Å²) in [5.41, 5.74) is 0.312. The van der Waals surface area contributed by atoms with E-state index in [9.17, 15) is 44.3 Å². The Labute approximate surface area is 270 Å². The van der Waals surface area contributed by atoms with Gasteiger partial charge in [-0.1, -0.05) is 48.9 Å². The number of carbonyl (C=O) groups excluding carboxylic acids is 2. The lowest BCUT2D eigenvalue weighted by atomic mass is 10.1. The molecule has 0 unspecified atom stereocenters. The number of rotatable bonds is 11. The molecular weight excluding hydrogens is 678 g/mol. The molecule has 0 bridgehead atoms. The summed E-state index contributed by atoms with van der Waals surface area (Å²) >= 11 is 0.396. The van der Waals surface area contributed by atoms with Gasteiger partial charge in [-0.25, -0.2) is 18.2 Å². The standard InChI is InChI=1S/C29H30F6N4O6S2/c1-3-5-18-6-8-19(9-7-18)16-36-25(40)22-17-38(27-37-24(28(30,31)32)23(46-27)26(41)44-4-2)14-15-39(22)47(42,43)21-12-10-20(11-13-21)45-29(33,34)35/h6-13,22H,3-5,14-17H2,1-2H3,(H,36,40)/t22-/m1/s1. The molecule has 1 saturated heterocycles. The van der Waals surface area contributed by atoms with Crippen LogP contribution in [0.1, 0.15) is 46.8 Å². The third kappa shape index (κ3) is 8.92. The average Bonchev–Trinajstić information content (AvgIpc) is 3.47. The molecule has 2 heterocycles. The van der Waals surface area contributed by atoms with Gasteiger partial charge in [-0.3, -0.25) is 4.79 Å². The number of nitrogens with zero attached hydrogens (tertiary/aromatic N) is 3. The first-order valence-corrected chi connectivity index (χ1v) is 16.5. The van der Waals surface area contributed by atoms with Gasteiger partial charge >= 0.3 is 18.5 Å². The first kappa shape index (κ1) is 35.9. The fourth-order valence-electron chi connectivity index (χ4n) is 4.78. The van der Waals surface area contributed by atoms with Crippen molar-refractivity contribution in [1.29, 1.82) is 0 Å². The zero-order chi connectivity index (χ0) is 34.6. The van der Waals surface area contributed by atoms with E-state index in [1.54, 1.807) is 12.1 Å². The summed E-state index contributed by atoms with van der Waals surface area (Å²) in [7, 11) is -4.53. The van der Waals surface area contributed by atoms with Crippen molar-refractivity contribution in [2.75, 3.05) is 31.1 Å². The van der Waals surface area contributed by atoms with Crippen LogP contribution in [0.4, 0.5) is 31.5 Å². The Balaban J connectivity index is 1.64. The van der Waals surface area contributed by atoms with Crippen LogP contribution in [0.3, 0.4) is 0 Å². The Morgan fingerprint density at radius 2 is 1.62 bits per heavy atom. The predicted octanol–water partition coefficient (Wildman–Crippen LogP) is 5.39. The lowest BCUT2D eigenvalue weighted by Crippen LogP contribution is -2.60. The Hall–Kier alpha value is -3.90. The van der Waals surface area contributed by atoms with E-state index in [0.29, 0.717) is 16.9 Å². The van der Waals surface area contributed by atoms with Crippen LogP contribution in [0.2, 0.25) is 0 Å². The maximum Gasteiger partial charge on any atom is 0.573 e. The number of thiazole rings is 1. The number of hydrogen-bond donors (Lipinski definition) is 1. The minimum atomic E-state index is -5.01. The molecule has 256 valence electrons. The zero-order valence-electron chi connectivity index (χ0n) is 25.0. The van der Waals surface area contributed by atoms with Gasteiger partial charge in [0.05, 0.1) is 11.5 Å². The summed E-state index contributed by atoms with van der Waals surface area (Å²) < 4.78 is 116. The monoisotopic (exact) mass is 708 g/mol. The van der Waals surface area contributed by atoms with Crippen LogP contribution in [-0.2, 0) is 38.7 Å². The van der Waals surface area contributed by atoms with Gasteiger partial charge in [-0.15, -0.1) is 13.2 Å². The molecule has 3 aromatic rings. The molecule has 0 aliphatic carbocycles. The second kappa shape index (κ2) is 14.5. The predicted molar refractivity (Wildman–Crippen MR) is 158 cm³/mol. The van der Waals surface area contributed by atoms with Crippen LogP contribution >= 0.6 is 11.3 Å². The number of hydrogen-bond acceptors (Lipinski definition) is 9. The van der Waals surface area contributed by atoms with Gasteiger partial charge in [-0.05, 0) is 48.7 Å². The number of anilines is 1. The molecule has 0 spiro atoms. The van der Waals surface area contributed by atoms with Crippen LogP contribution in [0, 0.1) is 0 Å². The normalized spacial score (nSPS) is 16.2. The highest BCUT2D eigenvalue weighted by Gasteiger charge is 2.44. The van der Waals surface area contributed by atoms with E-state index in [0.717, 1.165) is 47.0 Å². The molecule has 2 aromatic carbocycles. The first-order chi connectivity index (χ1) is 22.0. The molecule has 1 fully saturated rings. The number of alkyl halides is 6. The summed E-state index contributed by atoms with van der Waals surface area (Å²) in [6.45, 7) is 2.16. The largest absolute Gasteiger partial charge is 0.573 e. The van der Waals surface area contributed by atoms with Gasteiger partial charge < -0.3 is 19.7 Å². The fraction of sp³-hybridized carbons (Fsp3) is 0.414. The van der Waals surface area contributed by atoms with Gasteiger partial charge in [0.1, 0.15) is 16.7 Å². The molecule has 0 saturated carbocycles. The highest BCUT2D eigenvalue weighted by atomic mass is 32.2. The van der Waals surface area contributed by atoms with Crippen molar-refractivity contribution in [3.63, 3.8) is 0 Å². The smallest absolute Gasteiger partial charge is 0.462 e. The van der Waals surface area contributed by atoms with Crippen molar-refractivity contribution in [3.8, 4) is 5.75 Å². The molecule has 1 atom stereocenters. The van der Waals surface area contributed by atoms with Crippen LogP contribution in [0.25, 0.3) is 0 Å². The highest BCUT2D eigenvalue weighted by Crippen LogP contribution is 2.39. The van der Waals surface area contributed by atoms with E-state index in [1.807, 2.05) is 19.1 Å². The molecule has 0 radical (unpaired) electrons. The van der Waals surface area contributed by atoms with Crippen molar-refractivity contribution in [2.24, 2.45) is 0 Å². The van der Waals surface area contributed by atoms with Crippen LogP contribution in [0.15, 0.2) is 53.4 Å². The third-order valence-electron chi connectivity index (χ3n) is 6.94. The summed E-state index contributed by atoms with van der Waals surface area (Å²) in [5, 5.41) is 2.39. The third-order valence-corrected chi connectivity index (χ3v) is 9.96. The van der Waals surface area contributed by atoms with E-state index in [-0.39, 0.29) is 24.8 Å². The van der Waals surface area contributed by atoms with Gasteiger partial charge in [-0.2, -0.15) is 17.5 Å². The maximum atomic E-state index is 13.8. The summed E-state index contributed by atoms with van der Waals surface area (Å²) in [6.07, 6.45) is -8.23. The molecule has 18 heteroatoms. The summed E-state index contributed by atoms with van der Waals surface area (Å²) in [4.78, 5) is 29.5. The van der Waals surface area contributed by atoms with Crippen LogP contribution in [-0.4, -0.2) is 68.2 Å². The van der Waals surface area contributed by atoms with Crippen molar-refractivity contribution >= 4 is 38.4 Å². The Morgan fingerprint density at radius 1 is 0.979 bits per heavy atom. The SMILES string of the molecule is CCCc1ccc(CNC(=O)[C@H]2CN(c3nc(C(F)(F)F)c(C(=O)OCC)s3)CCN2S(=O)(=O)c2ccc(OC(F)(F)F)cc2)cc1. The molecule has 1 aromatic heterocycles. The highest BCUT2D eigenvalue weighted by molar-refractivity contribution is 7.89. The molecular formula is C29H30F6N4O6S2. The molecule has 1 N–H and O–H groups in total. The van der Waals surface area contributed by atoms with Crippen LogP contribution in [0.5, 0.6) is 5.75 Å². The number of amides is 1. The Bertz CT molecular complexity index is 1660. The second-order valence-corrected chi connectivity index (χ2v) is 13.1. The van der Waals surface area contributed by atoms with Gasteiger partial charge in [0.15, 0.2) is 10.8 Å². The maximum absolute atomic E-state index is 13.8. The second-order valence-electron chi connectivity index (χ2n) is 10.3. The molecule has 4 rings (SSSR count). The van der Waals surface area contributed by atoms with Gasteiger partial charge in [0, 0.05) is 26.2 Å². The number of aryl methyl sites for hydroxylation is 1. The van der Waals surface area contributed by atoms with Crippen LogP contribution < -0.4 is 15.0 Å². The number of sulfonamides is 1. The molecule has 47 heavy (non-hydrogen) atoms. The van der Waals surface area contributed by atoms with Crippen molar-refractivity contribution in [1.82, 2.24) is 14.6 Å². The van der Waals surface area contributed by atoms with Crippen molar-refractivity contribution in [2.45, 2.75) is 56.7 Å². The number of piperazine rings is 1. The lowest BCUT2D eigenvalue weighted by Gasteiger charge is -2.39. The van der Waals surface area contributed by atoms with E-state index >= 15 is 0 Å². The number of carbonyl (C=O) groups is 2. The lowest BCUT2D eigenvalue weighted by molar-refractivity contribution is -0.274. The number of aromatic nitrogens is 1. The van der Waals surface area contributed by atoms with E-state index < -0.39 is 74.8 Å². The number of nitrogens with one attached hydrogen (secondary N) is 1. The quantitative estimate of drug-likeness (QED) is 0.208. The first-order valence-electron chi connectivity index (χ1n) is 14.3. The van der Waals surface area contributed by atoms with E-state index in [1.165, 1.54) is 11.8 Å². The topological polar surface area (TPSA) is 118 Å². The minimum absolute atomic E-state index is 0.00157. The zero-order valence-corrected chi connectivity index (χ0v) is 26.7. The Morgan fingerprint density at radius 3 is 2.19 bits per heavy atom. The molecule has 1 aliphatic rings. The van der Waals surface area contributed by atoms with Gasteiger partial charge in [0.25, 0.3) is 0 Å². The fourth-order valence-corrected chi connectivity index (χ4v) is 7.37. The summed E-state index contributed by atoms with van der Waals surface area (Å²) in [5.74, 6) is -2.68. The van der Waals surface area contributed by atoms with Crippen molar-refractivity contribution in [3.05, 3.63) is 70.2 Å². The number of esters is 1. The van der Waals surface area contributed by atoms with Crippen molar-refractivity contribution < 1.29 is 53.8 Å². The van der Waals surface area contributed by atoms with Gasteiger partial charge in [0.2, 0.25) is 15.9 Å². The molecule has 10 nitrogen and oxygen atoms in total. The molecule has 1 amide bonds. The number of halogens is 6. The van der Waals surface area contributed by atoms with E-state index in [2.05, 4.69) is 15.0 Å².